The predicted molar refractivity (Wildman–Crippen MR) is 74.7 cm³/mol. The van der Waals surface area contributed by atoms with Gasteiger partial charge in [0.15, 0.2) is 0 Å². The van der Waals surface area contributed by atoms with Gasteiger partial charge in [0.25, 0.3) is 0 Å². The van der Waals surface area contributed by atoms with Gasteiger partial charge in [-0.1, -0.05) is 32.1 Å². The van der Waals surface area contributed by atoms with Crippen LogP contribution in [0.2, 0.25) is 0 Å². The first-order chi connectivity index (χ1) is 9.11. The molecule has 0 radical (unpaired) electrons. The fraction of sp³-hybridized carbons (Fsp3) is 0.938. The van der Waals surface area contributed by atoms with Gasteiger partial charge < -0.3 is 10.0 Å². The van der Waals surface area contributed by atoms with Crippen molar-refractivity contribution in [3.8, 4) is 0 Å². The van der Waals surface area contributed by atoms with Gasteiger partial charge in [-0.2, -0.15) is 0 Å². The zero-order chi connectivity index (χ0) is 13.3. The van der Waals surface area contributed by atoms with Crippen molar-refractivity contribution >= 4 is 5.91 Å². The van der Waals surface area contributed by atoms with Crippen molar-refractivity contribution in [1.82, 2.24) is 4.90 Å². The van der Waals surface area contributed by atoms with Gasteiger partial charge in [0.1, 0.15) is 0 Å². The Labute approximate surface area is 116 Å². The minimum Gasteiger partial charge on any atom is -0.389 e. The Kier molecular flexibility index (Phi) is 3.59. The first-order valence-electron chi connectivity index (χ1n) is 8.11. The highest BCUT2D eigenvalue weighted by Crippen LogP contribution is 2.45. The Morgan fingerprint density at radius 2 is 1.58 bits per heavy atom. The van der Waals surface area contributed by atoms with E-state index in [1.54, 1.807) is 0 Å². The zero-order valence-electron chi connectivity index (χ0n) is 12.0. The molecule has 0 unspecified atom stereocenters. The van der Waals surface area contributed by atoms with Crippen LogP contribution in [0.25, 0.3) is 0 Å². The molecule has 1 saturated heterocycles. The number of carbonyl (C=O) groups excluding carboxylic acids is 1. The summed E-state index contributed by atoms with van der Waals surface area (Å²) in [7, 11) is 0. The minimum atomic E-state index is -0.694. The number of hydrogen-bond donors (Lipinski definition) is 1. The van der Waals surface area contributed by atoms with Crippen molar-refractivity contribution in [2.24, 2.45) is 5.41 Å². The number of carbonyl (C=O) groups is 1. The van der Waals surface area contributed by atoms with Crippen LogP contribution in [0.3, 0.4) is 0 Å². The Hall–Kier alpha value is -0.570. The summed E-state index contributed by atoms with van der Waals surface area (Å²) >= 11 is 0. The van der Waals surface area contributed by atoms with Crippen LogP contribution in [0, 0.1) is 5.41 Å². The molecular formula is C16H27NO2. The van der Waals surface area contributed by atoms with Gasteiger partial charge in [-0.3, -0.25) is 4.79 Å². The van der Waals surface area contributed by atoms with Gasteiger partial charge in [-0.25, -0.2) is 0 Å². The smallest absolute Gasteiger partial charge is 0.225 e. The van der Waals surface area contributed by atoms with Crippen molar-refractivity contribution in [3.05, 3.63) is 0 Å². The molecule has 2 aliphatic carbocycles. The van der Waals surface area contributed by atoms with Gasteiger partial charge in [0, 0.05) is 13.1 Å². The van der Waals surface area contributed by atoms with E-state index in [9.17, 15) is 9.90 Å². The normalized spacial score (nSPS) is 29.0. The van der Waals surface area contributed by atoms with Gasteiger partial charge in [0.2, 0.25) is 5.91 Å². The van der Waals surface area contributed by atoms with E-state index in [-0.39, 0.29) is 5.91 Å². The largest absolute Gasteiger partial charge is 0.389 e. The maximum absolute atomic E-state index is 12.4. The van der Waals surface area contributed by atoms with Gasteiger partial charge >= 0.3 is 0 Å². The van der Waals surface area contributed by atoms with Gasteiger partial charge in [-0.05, 0) is 37.5 Å². The highest BCUT2D eigenvalue weighted by atomic mass is 16.3. The third-order valence-electron chi connectivity index (χ3n) is 5.72. The summed E-state index contributed by atoms with van der Waals surface area (Å²) < 4.78 is 0. The molecule has 0 aromatic rings. The van der Waals surface area contributed by atoms with Crippen molar-refractivity contribution < 1.29 is 9.90 Å². The summed E-state index contributed by atoms with van der Waals surface area (Å²) in [6, 6.07) is 0. The summed E-state index contributed by atoms with van der Waals surface area (Å²) in [5.74, 6) is 0.202. The van der Waals surface area contributed by atoms with Crippen molar-refractivity contribution in [2.45, 2.75) is 76.2 Å². The lowest BCUT2D eigenvalue weighted by atomic mass is 9.82. The molecule has 1 amide bonds. The molecule has 2 saturated carbocycles. The number of likely N-dealkylation sites (tertiary alicyclic amines) is 1. The topological polar surface area (TPSA) is 40.5 Å². The lowest BCUT2D eigenvalue weighted by Gasteiger charge is -2.33. The number of aliphatic hydroxyl groups is 1. The van der Waals surface area contributed by atoms with Crippen LogP contribution in [0.15, 0.2) is 0 Å². The van der Waals surface area contributed by atoms with Crippen LogP contribution in [-0.2, 0) is 4.79 Å². The molecule has 3 heteroatoms. The molecule has 3 aliphatic rings. The minimum absolute atomic E-state index is 0.202. The van der Waals surface area contributed by atoms with Crippen molar-refractivity contribution in [3.63, 3.8) is 0 Å². The van der Waals surface area contributed by atoms with Crippen LogP contribution >= 0.6 is 0 Å². The standard InChI is InChI=1S/C16H27NO2/c18-14(12-16(19)8-2-1-3-9-16)17-11-10-15(13-17)6-4-5-7-15/h19H,1-13H2. The lowest BCUT2D eigenvalue weighted by Crippen LogP contribution is -2.40. The Bertz CT molecular complexity index is 341. The molecule has 3 rings (SSSR count). The maximum Gasteiger partial charge on any atom is 0.225 e. The van der Waals surface area contributed by atoms with E-state index < -0.39 is 5.60 Å². The molecule has 1 spiro atoms. The number of rotatable bonds is 2. The van der Waals surface area contributed by atoms with Crippen LogP contribution in [-0.4, -0.2) is 34.6 Å². The summed E-state index contributed by atoms with van der Waals surface area (Å²) in [5, 5.41) is 10.5. The highest BCUT2D eigenvalue weighted by molar-refractivity contribution is 5.77. The number of nitrogens with zero attached hydrogens (tertiary/aromatic N) is 1. The molecule has 108 valence electrons. The van der Waals surface area contributed by atoms with E-state index >= 15 is 0 Å². The first kappa shape index (κ1) is 13.4. The van der Waals surface area contributed by atoms with Crippen LogP contribution in [0.4, 0.5) is 0 Å². The summed E-state index contributed by atoms with van der Waals surface area (Å²) in [6.45, 7) is 1.89. The Balaban J connectivity index is 1.56. The SMILES string of the molecule is O=C(CC1(O)CCCCC1)N1CCC2(CCCC2)C1. The fourth-order valence-corrected chi connectivity index (χ4v) is 4.46. The predicted octanol–water partition coefficient (Wildman–Crippen LogP) is 2.86. The molecule has 19 heavy (non-hydrogen) atoms. The molecule has 0 aromatic heterocycles. The molecule has 3 fully saturated rings. The van der Waals surface area contributed by atoms with E-state index in [1.807, 2.05) is 4.90 Å². The second-order valence-corrected chi connectivity index (χ2v) is 7.23. The van der Waals surface area contributed by atoms with E-state index in [2.05, 4.69) is 0 Å². The second-order valence-electron chi connectivity index (χ2n) is 7.23. The van der Waals surface area contributed by atoms with Crippen LogP contribution < -0.4 is 0 Å². The quantitative estimate of drug-likeness (QED) is 0.834. The molecule has 3 nitrogen and oxygen atoms in total. The second kappa shape index (κ2) is 5.08. The zero-order valence-corrected chi connectivity index (χ0v) is 12.0. The van der Waals surface area contributed by atoms with E-state index in [0.29, 0.717) is 11.8 Å². The fourth-order valence-electron chi connectivity index (χ4n) is 4.46. The average Bonchev–Trinajstić information content (AvgIpc) is 3.01. The van der Waals surface area contributed by atoms with Gasteiger partial charge in [0.05, 0.1) is 12.0 Å². The molecule has 1 heterocycles. The van der Waals surface area contributed by atoms with E-state index in [0.717, 1.165) is 38.8 Å². The van der Waals surface area contributed by atoms with Crippen molar-refractivity contribution in [2.75, 3.05) is 13.1 Å². The maximum atomic E-state index is 12.4. The molecule has 0 aromatic carbocycles. The Morgan fingerprint density at radius 3 is 2.26 bits per heavy atom. The van der Waals surface area contributed by atoms with Gasteiger partial charge in [-0.15, -0.1) is 0 Å². The van der Waals surface area contributed by atoms with E-state index in [4.69, 9.17) is 0 Å². The van der Waals surface area contributed by atoms with E-state index in [1.165, 1.54) is 38.5 Å². The summed E-state index contributed by atoms with van der Waals surface area (Å²) in [5.41, 5.74) is -0.244. The summed E-state index contributed by atoms with van der Waals surface area (Å²) in [6.07, 6.45) is 11.8. The molecular weight excluding hydrogens is 238 g/mol. The van der Waals surface area contributed by atoms with Crippen LogP contribution in [0.1, 0.15) is 70.6 Å². The first-order valence-corrected chi connectivity index (χ1v) is 8.11. The molecule has 1 aliphatic heterocycles. The van der Waals surface area contributed by atoms with Crippen LogP contribution in [0.5, 0.6) is 0 Å². The monoisotopic (exact) mass is 265 g/mol. The average molecular weight is 265 g/mol. The molecule has 0 atom stereocenters. The Morgan fingerprint density at radius 1 is 0.947 bits per heavy atom. The molecule has 0 bridgehead atoms. The number of amides is 1. The lowest BCUT2D eigenvalue weighted by molar-refractivity contribution is -0.137. The van der Waals surface area contributed by atoms with Crippen molar-refractivity contribution in [1.29, 1.82) is 0 Å². The molecule has 1 N–H and O–H groups in total. The third kappa shape index (κ3) is 2.81. The third-order valence-corrected chi connectivity index (χ3v) is 5.72. The summed E-state index contributed by atoms with van der Waals surface area (Å²) in [4.78, 5) is 14.5. The highest BCUT2D eigenvalue weighted by Gasteiger charge is 2.43. The number of hydrogen-bond acceptors (Lipinski definition) is 2.